The molecule has 5 nitrogen and oxygen atoms in total. The molecule has 0 bridgehead atoms. The third-order valence-corrected chi connectivity index (χ3v) is 4.72. The molecule has 1 aliphatic rings. The molecular weight excluding hydrogens is 321 g/mol. The zero-order chi connectivity index (χ0) is 18.0. The number of H-pyrrole nitrogens is 1. The number of piperidine rings is 1. The van der Waals surface area contributed by atoms with Gasteiger partial charge in [0.05, 0.1) is 12.1 Å². The van der Waals surface area contributed by atoms with Gasteiger partial charge in [-0.2, -0.15) is 0 Å². The van der Waals surface area contributed by atoms with Crippen molar-refractivity contribution in [2.45, 2.75) is 39.0 Å². The van der Waals surface area contributed by atoms with Crippen molar-refractivity contribution in [2.75, 3.05) is 13.1 Å². The molecule has 0 saturated carbocycles. The highest BCUT2D eigenvalue weighted by molar-refractivity contribution is 5.79. The van der Waals surface area contributed by atoms with Crippen molar-refractivity contribution in [3.63, 3.8) is 0 Å². The van der Waals surface area contributed by atoms with Gasteiger partial charge in [-0.05, 0) is 49.9 Å². The maximum absolute atomic E-state index is 13.2. The molecule has 0 spiro atoms. The summed E-state index contributed by atoms with van der Waals surface area (Å²) in [5.74, 6) is 0.407. The molecule has 1 aliphatic heterocycles. The van der Waals surface area contributed by atoms with E-state index in [9.17, 15) is 14.0 Å². The van der Waals surface area contributed by atoms with Crippen LogP contribution in [0.5, 0.6) is 0 Å². The third-order valence-electron chi connectivity index (χ3n) is 4.72. The maximum Gasteiger partial charge on any atom is 0.251 e. The van der Waals surface area contributed by atoms with Crippen LogP contribution in [0.25, 0.3) is 0 Å². The molecule has 0 aliphatic carbocycles. The van der Waals surface area contributed by atoms with Crippen molar-refractivity contribution >= 4 is 5.91 Å². The van der Waals surface area contributed by atoms with Crippen molar-refractivity contribution in [3.05, 3.63) is 63.1 Å². The minimum atomic E-state index is -0.289. The number of likely N-dealkylation sites (tertiary alicyclic amines) is 1. The Bertz CT molecular complexity index is 847. The highest BCUT2D eigenvalue weighted by Gasteiger charge is 2.26. The third kappa shape index (κ3) is 4.13. The van der Waals surface area contributed by atoms with Crippen LogP contribution in [-0.4, -0.2) is 33.9 Å². The second kappa shape index (κ2) is 7.17. The van der Waals surface area contributed by atoms with E-state index in [1.807, 2.05) is 11.8 Å². The van der Waals surface area contributed by atoms with Crippen molar-refractivity contribution in [2.24, 2.45) is 0 Å². The number of benzene rings is 1. The number of rotatable bonds is 3. The van der Waals surface area contributed by atoms with Gasteiger partial charge in [0.1, 0.15) is 11.6 Å². The first-order chi connectivity index (χ1) is 11.9. The number of hydrogen-bond acceptors (Lipinski definition) is 3. The average molecular weight is 343 g/mol. The first kappa shape index (κ1) is 17.3. The van der Waals surface area contributed by atoms with Gasteiger partial charge >= 0.3 is 0 Å². The van der Waals surface area contributed by atoms with Crippen LogP contribution in [0.4, 0.5) is 4.39 Å². The molecule has 1 amide bonds. The molecule has 1 saturated heterocycles. The molecule has 2 heterocycles. The zero-order valence-corrected chi connectivity index (χ0v) is 14.5. The zero-order valence-electron chi connectivity index (χ0n) is 14.5. The molecule has 1 aromatic heterocycles. The fourth-order valence-electron chi connectivity index (χ4n) is 3.39. The van der Waals surface area contributed by atoms with Crippen molar-refractivity contribution < 1.29 is 9.18 Å². The smallest absolute Gasteiger partial charge is 0.251 e. The summed E-state index contributed by atoms with van der Waals surface area (Å²) >= 11 is 0. The molecule has 1 fully saturated rings. The predicted octanol–water partition coefficient (Wildman–Crippen LogP) is 2.47. The van der Waals surface area contributed by atoms with Crippen LogP contribution in [0, 0.1) is 19.7 Å². The molecule has 0 radical (unpaired) electrons. The van der Waals surface area contributed by atoms with E-state index in [0.29, 0.717) is 18.9 Å². The number of amides is 1. The molecule has 3 rings (SSSR count). The lowest BCUT2D eigenvalue weighted by atomic mass is 9.94. The lowest BCUT2D eigenvalue weighted by Gasteiger charge is -2.32. The van der Waals surface area contributed by atoms with Gasteiger partial charge in [0, 0.05) is 25.1 Å². The Labute approximate surface area is 145 Å². The lowest BCUT2D eigenvalue weighted by molar-refractivity contribution is -0.131. The standard InChI is InChI=1S/C19H22FN3O2/c1-12-8-16(20)6-5-14(12)9-19(25)23-7-3-4-15(11-23)17-10-18(24)22-13(2)21-17/h5-6,8,10,15H,3-4,7,9,11H2,1-2H3,(H,21,22,24). The van der Waals surface area contributed by atoms with E-state index in [4.69, 9.17) is 0 Å². The monoisotopic (exact) mass is 343 g/mol. The van der Waals surface area contributed by atoms with Crippen LogP contribution in [0.2, 0.25) is 0 Å². The molecule has 2 aromatic rings. The molecule has 25 heavy (non-hydrogen) atoms. The summed E-state index contributed by atoms with van der Waals surface area (Å²) < 4.78 is 13.2. The highest BCUT2D eigenvalue weighted by atomic mass is 19.1. The summed E-state index contributed by atoms with van der Waals surface area (Å²) in [6, 6.07) is 6.03. The van der Waals surface area contributed by atoms with Gasteiger partial charge in [0.25, 0.3) is 5.56 Å². The largest absolute Gasteiger partial charge is 0.342 e. The van der Waals surface area contributed by atoms with Crippen molar-refractivity contribution in [1.82, 2.24) is 14.9 Å². The van der Waals surface area contributed by atoms with Gasteiger partial charge in [-0.15, -0.1) is 0 Å². The van der Waals surface area contributed by atoms with Gasteiger partial charge in [0.2, 0.25) is 5.91 Å². The van der Waals surface area contributed by atoms with E-state index in [2.05, 4.69) is 9.97 Å². The first-order valence-electron chi connectivity index (χ1n) is 8.53. The van der Waals surface area contributed by atoms with Gasteiger partial charge < -0.3 is 9.88 Å². The summed E-state index contributed by atoms with van der Waals surface area (Å²) in [5.41, 5.74) is 2.22. The van der Waals surface area contributed by atoms with E-state index < -0.39 is 0 Å². The van der Waals surface area contributed by atoms with E-state index in [1.54, 1.807) is 13.0 Å². The average Bonchev–Trinajstić information content (AvgIpc) is 2.56. The quantitative estimate of drug-likeness (QED) is 0.931. The Balaban J connectivity index is 1.72. The second-order valence-corrected chi connectivity index (χ2v) is 6.68. The second-order valence-electron chi connectivity index (χ2n) is 6.68. The van der Waals surface area contributed by atoms with Gasteiger partial charge in [-0.25, -0.2) is 9.37 Å². The molecule has 1 unspecified atom stereocenters. The van der Waals surface area contributed by atoms with E-state index >= 15 is 0 Å². The van der Waals surface area contributed by atoms with Crippen LogP contribution in [0.15, 0.2) is 29.1 Å². The van der Waals surface area contributed by atoms with Crippen LogP contribution in [0.3, 0.4) is 0 Å². The SMILES string of the molecule is Cc1nc(C2CCCN(C(=O)Cc3ccc(F)cc3C)C2)cc(=O)[nH]1. The van der Waals surface area contributed by atoms with E-state index in [0.717, 1.165) is 29.7 Å². The van der Waals surface area contributed by atoms with E-state index in [1.165, 1.54) is 18.2 Å². The van der Waals surface area contributed by atoms with Gasteiger partial charge in [0.15, 0.2) is 0 Å². The maximum atomic E-state index is 13.2. The number of aromatic amines is 1. The first-order valence-corrected chi connectivity index (χ1v) is 8.53. The molecule has 1 atom stereocenters. The molecule has 1 N–H and O–H groups in total. The Kier molecular flexibility index (Phi) is 4.97. The lowest BCUT2D eigenvalue weighted by Crippen LogP contribution is -2.40. The minimum absolute atomic E-state index is 0.0287. The van der Waals surface area contributed by atoms with Crippen LogP contribution in [-0.2, 0) is 11.2 Å². The van der Waals surface area contributed by atoms with Gasteiger partial charge in [-0.1, -0.05) is 6.07 Å². The van der Waals surface area contributed by atoms with Crippen molar-refractivity contribution in [3.8, 4) is 0 Å². The highest BCUT2D eigenvalue weighted by Crippen LogP contribution is 2.25. The number of aryl methyl sites for hydroxylation is 2. The minimum Gasteiger partial charge on any atom is -0.342 e. The van der Waals surface area contributed by atoms with Crippen molar-refractivity contribution in [1.29, 1.82) is 0 Å². The molecule has 132 valence electrons. The Morgan fingerprint density at radius 2 is 2.16 bits per heavy atom. The normalized spacial score (nSPS) is 17.6. The Hall–Kier alpha value is -2.50. The Morgan fingerprint density at radius 1 is 1.36 bits per heavy atom. The number of hydrogen-bond donors (Lipinski definition) is 1. The van der Waals surface area contributed by atoms with Crippen LogP contribution >= 0.6 is 0 Å². The Morgan fingerprint density at radius 3 is 2.88 bits per heavy atom. The number of carbonyl (C=O) groups is 1. The van der Waals surface area contributed by atoms with Gasteiger partial charge in [-0.3, -0.25) is 9.59 Å². The molecular formula is C19H22FN3O2. The molecule has 6 heteroatoms. The summed E-state index contributed by atoms with van der Waals surface area (Å²) in [5, 5.41) is 0. The fourth-order valence-corrected chi connectivity index (χ4v) is 3.39. The number of carbonyl (C=O) groups excluding carboxylic acids is 1. The predicted molar refractivity (Wildman–Crippen MR) is 93.0 cm³/mol. The van der Waals surface area contributed by atoms with E-state index in [-0.39, 0.29) is 29.6 Å². The summed E-state index contributed by atoms with van der Waals surface area (Å²) in [6.07, 6.45) is 2.06. The number of aromatic nitrogens is 2. The molecule has 1 aromatic carbocycles. The number of nitrogens with one attached hydrogen (secondary N) is 1. The number of halogens is 1. The summed E-state index contributed by atoms with van der Waals surface area (Å²) in [4.78, 5) is 33.2. The summed E-state index contributed by atoms with van der Waals surface area (Å²) in [6.45, 7) is 4.84. The van der Waals surface area contributed by atoms with Crippen LogP contribution < -0.4 is 5.56 Å². The fraction of sp³-hybridized carbons (Fsp3) is 0.421. The number of nitrogens with zero attached hydrogens (tertiary/aromatic N) is 2. The topological polar surface area (TPSA) is 66.1 Å². The summed E-state index contributed by atoms with van der Waals surface area (Å²) in [7, 11) is 0. The van der Waals surface area contributed by atoms with Crippen LogP contribution in [0.1, 0.15) is 41.4 Å².